The van der Waals surface area contributed by atoms with Gasteiger partial charge in [-0.15, -0.1) is 11.6 Å². The lowest BCUT2D eigenvalue weighted by molar-refractivity contribution is 0.713. The first-order valence-corrected chi connectivity index (χ1v) is 6.06. The monoisotopic (exact) mass is 205 g/mol. The van der Waals surface area contributed by atoms with E-state index in [1.54, 1.807) is 0 Å². The fourth-order valence-corrected chi connectivity index (χ4v) is 2.00. The van der Waals surface area contributed by atoms with Crippen molar-refractivity contribution in [1.29, 1.82) is 0 Å². The van der Waals surface area contributed by atoms with E-state index in [0.717, 1.165) is 13.1 Å². The summed E-state index contributed by atoms with van der Waals surface area (Å²) in [7, 11) is 0. The molecule has 0 saturated heterocycles. The summed E-state index contributed by atoms with van der Waals surface area (Å²) in [5, 5.41) is 3.41. The molecule has 0 amide bonds. The Bertz CT molecular complexity index is 155. The largest absolute Gasteiger partial charge is 0.312 e. The summed E-state index contributed by atoms with van der Waals surface area (Å²) in [6, 6.07) is 0. The van der Waals surface area contributed by atoms with E-state index in [1.807, 2.05) is 17.8 Å². The summed E-state index contributed by atoms with van der Waals surface area (Å²) in [5.41, 5.74) is 0. The van der Waals surface area contributed by atoms with Gasteiger partial charge in [0.25, 0.3) is 0 Å². The average Bonchev–Trinajstić information content (AvgIpc) is 2.85. The molecule has 0 unspecified atom stereocenters. The summed E-state index contributed by atoms with van der Waals surface area (Å²) in [6.45, 7) is 2.09. The molecule has 1 fully saturated rings. The molecule has 1 nitrogen and oxygen atoms in total. The Hall–Kier alpha value is 0.340. The van der Waals surface area contributed by atoms with Gasteiger partial charge in [-0.1, -0.05) is 12.2 Å². The maximum absolute atomic E-state index is 5.49. The van der Waals surface area contributed by atoms with Gasteiger partial charge in [-0.05, 0) is 19.1 Å². The van der Waals surface area contributed by atoms with E-state index in [4.69, 9.17) is 11.6 Å². The summed E-state index contributed by atoms with van der Waals surface area (Å²) >= 11 is 7.48. The van der Waals surface area contributed by atoms with E-state index in [9.17, 15) is 0 Å². The molecule has 0 aromatic rings. The van der Waals surface area contributed by atoms with Crippen molar-refractivity contribution in [2.75, 3.05) is 25.2 Å². The number of thioether (sulfide) groups is 1. The van der Waals surface area contributed by atoms with Gasteiger partial charge in [-0.3, -0.25) is 0 Å². The van der Waals surface area contributed by atoms with Crippen molar-refractivity contribution in [1.82, 2.24) is 5.32 Å². The van der Waals surface area contributed by atoms with Gasteiger partial charge in [0.15, 0.2) is 0 Å². The lowest BCUT2D eigenvalue weighted by Gasteiger charge is -2.11. The number of nitrogens with one attached hydrogen (secondary N) is 1. The van der Waals surface area contributed by atoms with Crippen LogP contribution in [0.5, 0.6) is 0 Å². The van der Waals surface area contributed by atoms with Crippen molar-refractivity contribution in [3.8, 4) is 0 Å². The molecule has 0 bridgehead atoms. The topological polar surface area (TPSA) is 12.0 Å². The highest BCUT2D eigenvalue weighted by molar-refractivity contribution is 8.00. The first kappa shape index (κ1) is 10.4. The Morgan fingerprint density at radius 1 is 1.50 bits per heavy atom. The summed E-state index contributed by atoms with van der Waals surface area (Å²) in [4.78, 5) is 0. The summed E-state index contributed by atoms with van der Waals surface area (Å²) in [5.74, 6) is 0.620. The molecule has 0 radical (unpaired) electrons. The standard InChI is InChI=1S/C9H16ClNS/c1-12-9(4-5-9)8-11-7-3-2-6-10/h2-3,11H,4-8H2,1H3/b3-2+. The van der Waals surface area contributed by atoms with E-state index in [2.05, 4.69) is 17.6 Å². The van der Waals surface area contributed by atoms with Crippen molar-refractivity contribution in [2.24, 2.45) is 0 Å². The second-order valence-electron chi connectivity index (χ2n) is 3.14. The highest BCUT2D eigenvalue weighted by Crippen LogP contribution is 2.46. The minimum absolute atomic E-state index is 0.578. The van der Waals surface area contributed by atoms with Crippen LogP contribution in [0.3, 0.4) is 0 Å². The van der Waals surface area contributed by atoms with Crippen molar-refractivity contribution in [2.45, 2.75) is 17.6 Å². The molecule has 1 saturated carbocycles. The Balaban J connectivity index is 1.99. The van der Waals surface area contributed by atoms with Crippen LogP contribution in [-0.4, -0.2) is 30.0 Å². The van der Waals surface area contributed by atoms with Gasteiger partial charge in [0, 0.05) is 23.7 Å². The van der Waals surface area contributed by atoms with Crippen LogP contribution in [0.1, 0.15) is 12.8 Å². The molecule has 12 heavy (non-hydrogen) atoms. The van der Waals surface area contributed by atoms with Crippen molar-refractivity contribution >= 4 is 23.4 Å². The van der Waals surface area contributed by atoms with Crippen LogP contribution >= 0.6 is 23.4 Å². The SMILES string of the molecule is CSC1(CNC/C=C/CCl)CC1. The molecule has 0 aromatic carbocycles. The molecule has 1 N–H and O–H groups in total. The fourth-order valence-electron chi connectivity index (χ4n) is 1.12. The number of rotatable bonds is 6. The maximum atomic E-state index is 5.49. The summed E-state index contributed by atoms with van der Waals surface area (Å²) in [6.07, 6.45) is 9.01. The number of alkyl halides is 1. The van der Waals surface area contributed by atoms with Crippen LogP contribution in [0.2, 0.25) is 0 Å². The van der Waals surface area contributed by atoms with Gasteiger partial charge in [0.1, 0.15) is 0 Å². The van der Waals surface area contributed by atoms with Gasteiger partial charge >= 0.3 is 0 Å². The molecule has 0 heterocycles. The predicted octanol–water partition coefficient (Wildman–Crippen LogP) is 2.27. The van der Waals surface area contributed by atoms with E-state index in [-0.39, 0.29) is 0 Å². The van der Waals surface area contributed by atoms with Crippen LogP contribution in [0, 0.1) is 0 Å². The van der Waals surface area contributed by atoms with Crippen LogP contribution in [0.4, 0.5) is 0 Å². The Kier molecular flexibility index (Phi) is 4.47. The van der Waals surface area contributed by atoms with Gasteiger partial charge in [-0.25, -0.2) is 0 Å². The molecule has 0 atom stereocenters. The first-order valence-electron chi connectivity index (χ1n) is 4.30. The third-order valence-electron chi connectivity index (χ3n) is 2.21. The molecule has 0 aromatic heterocycles. The molecule has 1 aliphatic carbocycles. The lowest BCUT2D eigenvalue weighted by atomic mass is 10.4. The van der Waals surface area contributed by atoms with Gasteiger partial charge in [0.05, 0.1) is 0 Å². The Morgan fingerprint density at radius 3 is 2.75 bits per heavy atom. The van der Waals surface area contributed by atoms with E-state index >= 15 is 0 Å². The number of allylic oxidation sites excluding steroid dienone is 1. The van der Waals surface area contributed by atoms with Crippen molar-refractivity contribution < 1.29 is 0 Å². The smallest absolute Gasteiger partial charge is 0.0404 e. The zero-order valence-electron chi connectivity index (χ0n) is 7.48. The third-order valence-corrected chi connectivity index (χ3v) is 3.80. The molecule has 70 valence electrons. The van der Waals surface area contributed by atoms with Crippen molar-refractivity contribution in [3.05, 3.63) is 12.2 Å². The fraction of sp³-hybridized carbons (Fsp3) is 0.778. The van der Waals surface area contributed by atoms with E-state index in [0.29, 0.717) is 10.6 Å². The molecular formula is C9H16ClNS. The normalized spacial score (nSPS) is 20.2. The summed E-state index contributed by atoms with van der Waals surface area (Å²) < 4.78 is 0.578. The van der Waals surface area contributed by atoms with Crippen LogP contribution in [-0.2, 0) is 0 Å². The third kappa shape index (κ3) is 3.38. The first-order chi connectivity index (χ1) is 5.83. The molecule has 1 rings (SSSR count). The predicted molar refractivity (Wildman–Crippen MR) is 58.2 cm³/mol. The minimum Gasteiger partial charge on any atom is -0.312 e. The van der Waals surface area contributed by atoms with Gasteiger partial charge in [-0.2, -0.15) is 11.8 Å². The van der Waals surface area contributed by atoms with Crippen molar-refractivity contribution in [3.63, 3.8) is 0 Å². The zero-order chi connectivity index (χ0) is 8.86. The molecule has 1 aliphatic rings. The van der Waals surface area contributed by atoms with Gasteiger partial charge < -0.3 is 5.32 Å². The second-order valence-corrected chi connectivity index (χ2v) is 4.73. The highest BCUT2D eigenvalue weighted by atomic mass is 35.5. The lowest BCUT2D eigenvalue weighted by Crippen LogP contribution is -2.25. The highest BCUT2D eigenvalue weighted by Gasteiger charge is 2.40. The average molecular weight is 206 g/mol. The van der Waals surface area contributed by atoms with Gasteiger partial charge in [0.2, 0.25) is 0 Å². The number of hydrogen-bond donors (Lipinski definition) is 1. The molecule has 3 heteroatoms. The molecule has 0 spiro atoms. The second kappa shape index (κ2) is 5.15. The quantitative estimate of drug-likeness (QED) is 0.406. The minimum atomic E-state index is 0.578. The van der Waals surface area contributed by atoms with E-state index < -0.39 is 0 Å². The van der Waals surface area contributed by atoms with Crippen LogP contribution in [0.15, 0.2) is 12.2 Å². The number of hydrogen-bond acceptors (Lipinski definition) is 2. The number of halogens is 1. The van der Waals surface area contributed by atoms with Crippen LogP contribution in [0.25, 0.3) is 0 Å². The van der Waals surface area contributed by atoms with Crippen LogP contribution < -0.4 is 5.32 Å². The molecular weight excluding hydrogens is 190 g/mol. The van der Waals surface area contributed by atoms with E-state index in [1.165, 1.54) is 12.8 Å². The maximum Gasteiger partial charge on any atom is 0.0404 e. The Morgan fingerprint density at radius 2 is 2.25 bits per heavy atom. The zero-order valence-corrected chi connectivity index (χ0v) is 9.05. The molecule has 0 aliphatic heterocycles. The Labute approximate surface area is 83.9 Å².